The summed E-state index contributed by atoms with van der Waals surface area (Å²) in [4.78, 5) is 36.0. The van der Waals surface area contributed by atoms with Crippen molar-refractivity contribution in [1.82, 2.24) is 10.9 Å². The lowest BCUT2D eigenvalue weighted by Gasteiger charge is -2.07. The summed E-state index contributed by atoms with van der Waals surface area (Å²) in [6.45, 7) is 3.89. The fourth-order valence-electron chi connectivity index (χ4n) is 2.07. The second kappa shape index (κ2) is 7.41. The van der Waals surface area contributed by atoms with E-state index in [9.17, 15) is 19.7 Å². The molecule has 2 aromatic rings. The molecule has 0 saturated carbocycles. The van der Waals surface area contributed by atoms with Crippen molar-refractivity contribution < 1.29 is 14.5 Å². The average Bonchev–Trinajstić information content (AvgIpc) is 2.93. The van der Waals surface area contributed by atoms with Crippen molar-refractivity contribution in [3.05, 3.63) is 60.3 Å². The third-order valence-electron chi connectivity index (χ3n) is 3.26. The number of hydrogen-bond donors (Lipinski definition) is 2. The molecule has 1 aromatic carbocycles. The van der Waals surface area contributed by atoms with Gasteiger partial charge in [-0.15, -0.1) is 11.3 Å². The minimum atomic E-state index is -0.796. The van der Waals surface area contributed by atoms with Gasteiger partial charge in [-0.3, -0.25) is 30.6 Å². The zero-order valence-corrected chi connectivity index (χ0v) is 14.5. The second-order valence-corrected chi connectivity index (χ2v) is 6.47. The second-order valence-electron chi connectivity index (χ2n) is 4.90. The van der Waals surface area contributed by atoms with Gasteiger partial charge in [0.05, 0.1) is 9.80 Å². The normalized spacial score (nSPS) is 10.3. The number of aryl methyl sites for hydroxylation is 2. The molecule has 1 heterocycles. The van der Waals surface area contributed by atoms with E-state index < -0.39 is 22.4 Å². The molecule has 0 fully saturated rings. The standard InChI is InChI=1S/C15H14ClN3O4S/c1-3-12-8(2)6-13(24-12)15(21)18-17-14(20)10-5-4-9(16)7-11(10)19(22)23/h4-7H,3H2,1-2H3,(H,17,20)(H,18,21). The Labute approximate surface area is 146 Å². The van der Waals surface area contributed by atoms with Crippen LogP contribution in [0, 0.1) is 17.0 Å². The zero-order chi connectivity index (χ0) is 17.9. The molecule has 0 bridgehead atoms. The average molecular weight is 368 g/mol. The molecule has 2 amide bonds. The monoisotopic (exact) mass is 367 g/mol. The first-order chi connectivity index (χ1) is 11.3. The highest BCUT2D eigenvalue weighted by atomic mass is 35.5. The van der Waals surface area contributed by atoms with Gasteiger partial charge in [0.15, 0.2) is 0 Å². The Balaban J connectivity index is 2.10. The van der Waals surface area contributed by atoms with Crippen LogP contribution in [0.25, 0.3) is 0 Å². The van der Waals surface area contributed by atoms with E-state index in [0.29, 0.717) is 4.88 Å². The van der Waals surface area contributed by atoms with Crippen LogP contribution in [0.4, 0.5) is 5.69 Å². The number of halogens is 1. The number of nitro benzene ring substituents is 1. The molecule has 0 radical (unpaired) electrons. The van der Waals surface area contributed by atoms with Crippen molar-refractivity contribution in [3.63, 3.8) is 0 Å². The van der Waals surface area contributed by atoms with E-state index in [-0.39, 0.29) is 10.6 Å². The van der Waals surface area contributed by atoms with Gasteiger partial charge in [0, 0.05) is 16.0 Å². The maximum absolute atomic E-state index is 12.1. The molecule has 0 aliphatic rings. The fraction of sp³-hybridized carbons (Fsp3) is 0.200. The van der Waals surface area contributed by atoms with Gasteiger partial charge in [0.25, 0.3) is 17.5 Å². The van der Waals surface area contributed by atoms with Gasteiger partial charge >= 0.3 is 0 Å². The van der Waals surface area contributed by atoms with Gasteiger partial charge < -0.3 is 0 Å². The predicted molar refractivity (Wildman–Crippen MR) is 91.5 cm³/mol. The van der Waals surface area contributed by atoms with E-state index in [1.807, 2.05) is 13.8 Å². The maximum Gasteiger partial charge on any atom is 0.283 e. The Kier molecular flexibility index (Phi) is 5.53. The van der Waals surface area contributed by atoms with E-state index in [2.05, 4.69) is 10.9 Å². The first-order valence-electron chi connectivity index (χ1n) is 6.97. The molecule has 24 heavy (non-hydrogen) atoms. The molecule has 2 N–H and O–H groups in total. The Bertz CT molecular complexity index is 819. The highest BCUT2D eigenvalue weighted by molar-refractivity contribution is 7.14. The lowest BCUT2D eigenvalue weighted by atomic mass is 10.2. The molecule has 0 aliphatic carbocycles. The number of rotatable bonds is 4. The number of benzene rings is 1. The summed E-state index contributed by atoms with van der Waals surface area (Å²) in [7, 11) is 0. The quantitative estimate of drug-likeness (QED) is 0.639. The molecule has 0 spiro atoms. The summed E-state index contributed by atoms with van der Waals surface area (Å²) in [5.41, 5.74) is 4.82. The van der Waals surface area contributed by atoms with Gasteiger partial charge in [-0.1, -0.05) is 18.5 Å². The van der Waals surface area contributed by atoms with Crippen molar-refractivity contribution in [2.24, 2.45) is 0 Å². The van der Waals surface area contributed by atoms with Crippen LogP contribution >= 0.6 is 22.9 Å². The largest absolute Gasteiger partial charge is 0.283 e. The molecule has 126 valence electrons. The zero-order valence-electron chi connectivity index (χ0n) is 12.9. The van der Waals surface area contributed by atoms with Crippen LogP contribution in [0.5, 0.6) is 0 Å². The first-order valence-corrected chi connectivity index (χ1v) is 8.16. The van der Waals surface area contributed by atoms with Gasteiger partial charge in [-0.2, -0.15) is 0 Å². The van der Waals surface area contributed by atoms with Gasteiger partial charge in [-0.05, 0) is 37.1 Å². The number of nitro groups is 1. The molecular weight excluding hydrogens is 354 g/mol. The smallest absolute Gasteiger partial charge is 0.267 e. The number of amides is 2. The summed E-state index contributed by atoms with van der Waals surface area (Å²) in [6.07, 6.45) is 0.813. The summed E-state index contributed by atoms with van der Waals surface area (Å²) in [5.74, 6) is -1.27. The van der Waals surface area contributed by atoms with Gasteiger partial charge in [0.2, 0.25) is 0 Å². The van der Waals surface area contributed by atoms with Crippen LogP contribution in [0.1, 0.15) is 37.4 Å². The molecule has 1 aromatic heterocycles. The van der Waals surface area contributed by atoms with E-state index in [4.69, 9.17) is 11.6 Å². The van der Waals surface area contributed by atoms with Crippen molar-refractivity contribution in [2.75, 3.05) is 0 Å². The topological polar surface area (TPSA) is 101 Å². The number of nitrogens with zero attached hydrogens (tertiary/aromatic N) is 1. The van der Waals surface area contributed by atoms with Gasteiger partial charge in [-0.25, -0.2) is 0 Å². The minimum Gasteiger partial charge on any atom is -0.267 e. The fourth-order valence-corrected chi connectivity index (χ4v) is 3.25. The minimum absolute atomic E-state index is 0.142. The van der Waals surface area contributed by atoms with Crippen molar-refractivity contribution in [2.45, 2.75) is 20.3 Å². The third-order valence-corrected chi connectivity index (χ3v) is 4.87. The molecule has 2 rings (SSSR count). The van der Waals surface area contributed by atoms with Crippen LogP contribution in [-0.4, -0.2) is 16.7 Å². The summed E-state index contributed by atoms with van der Waals surface area (Å²) in [6, 6.07) is 5.40. The lowest BCUT2D eigenvalue weighted by Crippen LogP contribution is -2.41. The van der Waals surface area contributed by atoms with Crippen molar-refractivity contribution >= 4 is 40.4 Å². The number of carbonyl (C=O) groups excluding carboxylic acids is 2. The van der Waals surface area contributed by atoms with Crippen molar-refractivity contribution in [3.8, 4) is 0 Å². The van der Waals surface area contributed by atoms with Crippen LogP contribution < -0.4 is 10.9 Å². The van der Waals surface area contributed by atoms with E-state index in [1.54, 1.807) is 6.07 Å². The van der Waals surface area contributed by atoms with Crippen LogP contribution in [0.15, 0.2) is 24.3 Å². The highest BCUT2D eigenvalue weighted by Gasteiger charge is 2.21. The Morgan fingerprint density at radius 1 is 1.25 bits per heavy atom. The highest BCUT2D eigenvalue weighted by Crippen LogP contribution is 2.23. The Morgan fingerprint density at radius 3 is 2.50 bits per heavy atom. The Morgan fingerprint density at radius 2 is 1.92 bits per heavy atom. The molecule has 0 atom stereocenters. The maximum atomic E-state index is 12.1. The van der Waals surface area contributed by atoms with Gasteiger partial charge in [0.1, 0.15) is 5.56 Å². The molecule has 9 heteroatoms. The number of hydrazine groups is 1. The Hall–Kier alpha value is -2.45. The predicted octanol–water partition coefficient (Wildman–Crippen LogP) is 3.26. The summed E-state index contributed by atoms with van der Waals surface area (Å²) >= 11 is 7.04. The van der Waals surface area contributed by atoms with Crippen molar-refractivity contribution in [1.29, 1.82) is 0 Å². The van der Waals surface area contributed by atoms with E-state index >= 15 is 0 Å². The lowest BCUT2D eigenvalue weighted by molar-refractivity contribution is -0.385. The molecule has 0 unspecified atom stereocenters. The molecular formula is C15H14ClN3O4S. The van der Waals surface area contributed by atoms with E-state index in [1.165, 1.54) is 23.5 Å². The third kappa shape index (κ3) is 3.90. The number of thiophene rings is 1. The SMILES string of the molecule is CCc1sc(C(=O)NNC(=O)c2ccc(Cl)cc2[N+](=O)[O-])cc1C. The van der Waals surface area contributed by atoms with Crippen LogP contribution in [-0.2, 0) is 6.42 Å². The molecule has 0 aliphatic heterocycles. The molecule has 0 saturated heterocycles. The number of nitrogens with one attached hydrogen (secondary N) is 2. The van der Waals surface area contributed by atoms with E-state index in [0.717, 1.165) is 22.9 Å². The number of carbonyl (C=O) groups is 2. The van der Waals surface area contributed by atoms with Crippen LogP contribution in [0.2, 0.25) is 5.02 Å². The first kappa shape index (κ1) is 17.9. The molecule has 7 nitrogen and oxygen atoms in total. The summed E-state index contributed by atoms with van der Waals surface area (Å²) in [5, 5.41) is 11.1. The number of hydrogen-bond acceptors (Lipinski definition) is 5. The summed E-state index contributed by atoms with van der Waals surface area (Å²) < 4.78 is 0. The van der Waals surface area contributed by atoms with Crippen LogP contribution in [0.3, 0.4) is 0 Å².